The Balaban J connectivity index is 2.21. The number of carbonyl (C=O) groups excluding carboxylic acids is 2. The minimum Gasteiger partial charge on any atom is -0.493 e. The van der Waals surface area contributed by atoms with E-state index in [0.29, 0.717) is 35.5 Å². The van der Waals surface area contributed by atoms with Gasteiger partial charge in [-0.15, -0.1) is 0 Å². The molecule has 0 heterocycles. The van der Waals surface area contributed by atoms with Gasteiger partial charge in [0.2, 0.25) is 11.8 Å². The normalized spacial score (nSPS) is 11.7. The molecule has 2 rings (SSSR count). The van der Waals surface area contributed by atoms with Gasteiger partial charge in [-0.1, -0.05) is 43.6 Å². The van der Waals surface area contributed by atoms with Crippen molar-refractivity contribution in [3.05, 3.63) is 58.6 Å². The highest BCUT2D eigenvalue weighted by atomic mass is 35.5. The van der Waals surface area contributed by atoms with Gasteiger partial charge in [0.1, 0.15) is 6.04 Å². The summed E-state index contributed by atoms with van der Waals surface area (Å²) in [5.74, 6) is 1.32. The number of halogens is 1. The summed E-state index contributed by atoms with van der Waals surface area (Å²) in [5.41, 5.74) is 1.68. The number of benzene rings is 2. The Hall–Kier alpha value is -2.73. The summed E-state index contributed by atoms with van der Waals surface area (Å²) in [6.07, 6.45) is 1.02. The Labute approximate surface area is 195 Å². The first kappa shape index (κ1) is 25.5. The van der Waals surface area contributed by atoms with E-state index >= 15 is 0 Å². The minimum atomic E-state index is -0.620. The fraction of sp³-hybridized carbons (Fsp3) is 0.440. The fourth-order valence-electron chi connectivity index (χ4n) is 3.27. The van der Waals surface area contributed by atoms with E-state index in [-0.39, 0.29) is 18.2 Å². The van der Waals surface area contributed by atoms with Crippen LogP contribution in [0, 0.1) is 5.92 Å². The number of nitrogens with one attached hydrogen (secondary N) is 1. The molecule has 2 amide bonds. The van der Waals surface area contributed by atoms with Crippen molar-refractivity contribution in [1.82, 2.24) is 10.2 Å². The Morgan fingerprint density at radius 3 is 2.19 bits per heavy atom. The molecule has 0 bridgehead atoms. The topological polar surface area (TPSA) is 67.9 Å². The lowest BCUT2D eigenvalue weighted by molar-refractivity contribution is -0.140. The van der Waals surface area contributed by atoms with Crippen LogP contribution in [0.1, 0.15) is 38.3 Å². The van der Waals surface area contributed by atoms with Gasteiger partial charge in [-0.2, -0.15) is 0 Å². The quantitative estimate of drug-likeness (QED) is 0.536. The zero-order valence-electron chi connectivity index (χ0n) is 19.5. The molecule has 0 aromatic heterocycles. The average Bonchev–Trinajstić information content (AvgIpc) is 2.77. The minimum absolute atomic E-state index is 0.136. The van der Waals surface area contributed by atoms with Gasteiger partial charge in [0, 0.05) is 18.1 Å². The molecule has 0 saturated heterocycles. The molecule has 0 fully saturated rings. The number of rotatable bonds is 11. The molecule has 0 aliphatic carbocycles. The van der Waals surface area contributed by atoms with Crippen molar-refractivity contribution in [3.63, 3.8) is 0 Å². The monoisotopic (exact) mass is 460 g/mol. The van der Waals surface area contributed by atoms with Gasteiger partial charge in [-0.05, 0) is 54.7 Å². The number of ether oxygens (including phenoxy) is 2. The van der Waals surface area contributed by atoms with Gasteiger partial charge >= 0.3 is 0 Å². The van der Waals surface area contributed by atoms with Gasteiger partial charge < -0.3 is 19.7 Å². The number of amides is 2. The second kappa shape index (κ2) is 12.3. The van der Waals surface area contributed by atoms with E-state index < -0.39 is 6.04 Å². The molecule has 2 aromatic rings. The van der Waals surface area contributed by atoms with E-state index in [9.17, 15) is 9.59 Å². The highest BCUT2D eigenvalue weighted by molar-refractivity contribution is 6.30. The lowest BCUT2D eigenvalue weighted by Gasteiger charge is -2.29. The van der Waals surface area contributed by atoms with Crippen molar-refractivity contribution < 1.29 is 19.1 Å². The van der Waals surface area contributed by atoms with Gasteiger partial charge in [-0.25, -0.2) is 0 Å². The van der Waals surface area contributed by atoms with Gasteiger partial charge in [0.05, 0.1) is 20.6 Å². The molecule has 0 spiro atoms. The first-order valence-electron chi connectivity index (χ1n) is 10.8. The van der Waals surface area contributed by atoms with Crippen LogP contribution in [0.25, 0.3) is 0 Å². The number of methoxy groups -OCH3 is 2. The molecule has 0 aliphatic heterocycles. The largest absolute Gasteiger partial charge is 0.493 e. The third-order valence-corrected chi connectivity index (χ3v) is 5.51. The summed E-state index contributed by atoms with van der Waals surface area (Å²) in [7, 11) is 3.12. The predicted molar refractivity (Wildman–Crippen MR) is 127 cm³/mol. The smallest absolute Gasteiger partial charge is 0.242 e. The standard InChI is InChI=1S/C25H33ClN2O4/c1-17(2)12-13-27-25(30)18(3)28(16-19-6-9-21(26)10-7-19)24(29)15-20-8-11-22(31-4)23(14-20)32-5/h6-11,14,17-18H,12-13,15-16H2,1-5H3,(H,27,30)/t18-/m1/s1. The maximum atomic E-state index is 13.3. The van der Waals surface area contributed by atoms with Crippen LogP contribution in [0.3, 0.4) is 0 Å². The van der Waals surface area contributed by atoms with Crippen molar-refractivity contribution >= 4 is 23.4 Å². The molecule has 1 N–H and O–H groups in total. The Morgan fingerprint density at radius 1 is 0.969 bits per heavy atom. The maximum absolute atomic E-state index is 13.3. The summed E-state index contributed by atoms with van der Waals surface area (Å²) in [6.45, 7) is 6.86. The van der Waals surface area contributed by atoms with Crippen molar-refractivity contribution in [3.8, 4) is 11.5 Å². The molecule has 7 heteroatoms. The summed E-state index contributed by atoms with van der Waals surface area (Å²) >= 11 is 6.00. The average molecular weight is 461 g/mol. The van der Waals surface area contributed by atoms with Crippen LogP contribution in [0.5, 0.6) is 11.5 Å². The maximum Gasteiger partial charge on any atom is 0.242 e. The van der Waals surface area contributed by atoms with Crippen LogP contribution in [0.15, 0.2) is 42.5 Å². The van der Waals surface area contributed by atoms with Crippen molar-refractivity contribution in [1.29, 1.82) is 0 Å². The highest BCUT2D eigenvalue weighted by Gasteiger charge is 2.26. The van der Waals surface area contributed by atoms with E-state index in [4.69, 9.17) is 21.1 Å². The Bertz CT molecular complexity index is 899. The molecule has 32 heavy (non-hydrogen) atoms. The third kappa shape index (κ3) is 7.45. The Kier molecular flexibility index (Phi) is 9.85. The van der Waals surface area contributed by atoms with Crippen molar-refractivity contribution in [2.24, 2.45) is 5.92 Å². The number of carbonyl (C=O) groups is 2. The first-order valence-corrected chi connectivity index (χ1v) is 11.2. The molecule has 0 unspecified atom stereocenters. The zero-order valence-corrected chi connectivity index (χ0v) is 20.2. The number of nitrogens with zero attached hydrogens (tertiary/aromatic N) is 1. The lowest BCUT2D eigenvalue weighted by atomic mass is 10.1. The third-order valence-electron chi connectivity index (χ3n) is 5.26. The van der Waals surface area contributed by atoms with Crippen LogP contribution >= 0.6 is 11.6 Å². The molecular formula is C25H33ClN2O4. The number of hydrogen-bond acceptors (Lipinski definition) is 4. The van der Waals surface area contributed by atoms with Crippen molar-refractivity contribution in [2.45, 2.75) is 46.2 Å². The molecule has 2 aromatic carbocycles. The molecule has 0 saturated carbocycles. The highest BCUT2D eigenvalue weighted by Crippen LogP contribution is 2.28. The van der Waals surface area contributed by atoms with E-state index in [0.717, 1.165) is 17.5 Å². The van der Waals surface area contributed by atoms with Crippen LogP contribution in [-0.4, -0.2) is 43.5 Å². The lowest BCUT2D eigenvalue weighted by Crippen LogP contribution is -2.48. The van der Waals surface area contributed by atoms with E-state index in [2.05, 4.69) is 19.2 Å². The van der Waals surface area contributed by atoms with E-state index in [1.165, 1.54) is 0 Å². The molecule has 6 nitrogen and oxygen atoms in total. The number of hydrogen-bond donors (Lipinski definition) is 1. The molecule has 174 valence electrons. The van der Waals surface area contributed by atoms with Gasteiger partial charge in [0.25, 0.3) is 0 Å². The van der Waals surface area contributed by atoms with Gasteiger partial charge in [-0.3, -0.25) is 9.59 Å². The van der Waals surface area contributed by atoms with E-state index in [1.807, 2.05) is 18.2 Å². The second-order valence-electron chi connectivity index (χ2n) is 8.16. The Morgan fingerprint density at radius 2 is 1.59 bits per heavy atom. The second-order valence-corrected chi connectivity index (χ2v) is 8.60. The summed E-state index contributed by atoms with van der Waals surface area (Å²) in [4.78, 5) is 27.7. The van der Waals surface area contributed by atoms with Crippen molar-refractivity contribution in [2.75, 3.05) is 20.8 Å². The SMILES string of the molecule is COc1ccc(CC(=O)N(Cc2ccc(Cl)cc2)[C@H](C)C(=O)NCCC(C)C)cc1OC. The van der Waals surface area contributed by atoms with Crippen LogP contribution < -0.4 is 14.8 Å². The summed E-state index contributed by atoms with van der Waals surface area (Å²) in [6, 6.07) is 12.0. The summed E-state index contributed by atoms with van der Waals surface area (Å²) < 4.78 is 10.6. The molecular weight excluding hydrogens is 428 g/mol. The molecule has 0 radical (unpaired) electrons. The van der Waals surface area contributed by atoms with Crippen LogP contribution in [-0.2, 0) is 22.6 Å². The summed E-state index contributed by atoms with van der Waals surface area (Å²) in [5, 5.41) is 3.57. The molecule has 1 atom stereocenters. The van der Waals surface area contributed by atoms with Crippen LogP contribution in [0.2, 0.25) is 5.02 Å². The van der Waals surface area contributed by atoms with Gasteiger partial charge in [0.15, 0.2) is 11.5 Å². The molecule has 0 aliphatic rings. The van der Waals surface area contributed by atoms with Crippen LogP contribution in [0.4, 0.5) is 0 Å². The van der Waals surface area contributed by atoms with E-state index in [1.54, 1.807) is 50.3 Å². The first-order chi connectivity index (χ1) is 15.2. The predicted octanol–water partition coefficient (Wildman–Crippen LogP) is 4.48. The zero-order chi connectivity index (χ0) is 23.7. The fourth-order valence-corrected chi connectivity index (χ4v) is 3.39.